The van der Waals surface area contributed by atoms with E-state index in [1.807, 2.05) is 6.07 Å². The number of rotatable bonds is 3. The molecule has 4 rings (SSSR count). The minimum Gasteiger partial charge on any atom is -0.389 e. The van der Waals surface area contributed by atoms with Gasteiger partial charge in [-0.2, -0.15) is 5.26 Å². The van der Waals surface area contributed by atoms with Gasteiger partial charge in [-0.25, -0.2) is 0 Å². The first-order valence-electron chi connectivity index (χ1n) is 7.00. The van der Waals surface area contributed by atoms with E-state index in [1.165, 1.54) is 38.2 Å². The fraction of sp³-hybridized carbons (Fsp3) is 0.800. The zero-order valence-electron chi connectivity index (χ0n) is 10.3. The Balaban J connectivity index is 1.64. The molecule has 0 aliphatic heterocycles. The molecule has 0 saturated heterocycles. The number of allylic oxidation sites excluding steroid dienone is 1. The van der Waals surface area contributed by atoms with E-state index in [4.69, 9.17) is 5.26 Å². The van der Waals surface area contributed by atoms with E-state index in [1.54, 1.807) is 6.08 Å². The van der Waals surface area contributed by atoms with Crippen LogP contribution in [0.4, 0.5) is 0 Å². The smallest absolute Gasteiger partial charge is 0.0909 e. The molecule has 4 saturated carbocycles. The van der Waals surface area contributed by atoms with Crippen LogP contribution in [0.5, 0.6) is 0 Å². The van der Waals surface area contributed by atoms with Crippen LogP contribution in [0.2, 0.25) is 0 Å². The van der Waals surface area contributed by atoms with Crippen LogP contribution in [0.1, 0.15) is 38.5 Å². The van der Waals surface area contributed by atoms with Gasteiger partial charge in [-0.1, -0.05) is 0 Å². The third kappa shape index (κ3) is 2.13. The van der Waals surface area contributed by atoms with E-state index in [0.717, 1.165) is 36.0 Å². The first-order valence-corrected chi connectivity index (χ1v) is 7.00. The predicted octanol–water partition coefficient (Wildman–Crippen LogP) is 2.89. The molecule has 4 fully saturated rings. The third-order valence-electron chi connectivity index (χ3n) is 5.33. The van der Waals surface area contributed by atoms with Gasteiger partial charge in [-0.15, -0.1) is 0 Å². The fourth-order valence-corrected chi connectivity index (χ4v) is 4.93. The van der Waals surface area contributed by atoms with E-state index in [-0.39, 0.29) is 0 Å². The van der Waals surface area contributed by atoms with Crippen LogP contribution >= 0.6 is 0 Å². The quantitative estimate of drug-likeness (QED) is 0.759. The van der Waals surface area contributed by atoms with Gasteiger partial charge in [0.05, 0.1) is 12.2 Å². The molecule has 0 amide bonds. The summed E-state index contributed by atoms with van der Waals surface area (Å²) in [6, 6.07) is 1.96. The number of nitriles is 1. The molecule has 4 bridgehead atoms. The van der Waals surface area contributed by atoms with Crippen LogP contribution in [0.25, 0.3) is 0 Å². The molecule has 0 heterocycles. The van der Waals surface area contributed by atoms with Gasteiger partial charge in [0, 0.05) is 6.08 Å². The number of hydrogen-bond donors (Lipinski definition) is 1. The number of hydrogen-bond acceptors (Lipinski definition) is 2. The first kappa shape index (κ1) is 11.3. The van der Waals surface area contributed by atoms with Crippen LogP contribution in [-0.2, 0) is 0 Å². The highest BCUT2D eigenvalue weighted by molar-refractivity contribution is 5.06. The fourth-order valence-electron chi connectivity index (χ4n) is 4.93. The predicted molar refractivity (Wildman–Crippen MR) is 65.9 cm³/mol. The summed E-state index contributed by atoms with van der Waals surface area (Å²) in [6.07, 6.45) is 10.7. The maximum absolute atomic E-state index is 9.93. The van der Waals surface area contributed by atoms with E-state index in [2.05, 4.69) is 0 Å². The first-order chi connectivity index (χ1) is 8.26. The molecule has 2 nitrogen and oxygen atoms in total. The summed E-state index contributed by atoms with van der Waals surface area (Å²) in [5.41, 5.74) is 0. The molecule has 17 heavy (non-hydrogen) atoms. The standard InChI is InChI=1S/C15H21NO/c16-3-1-2-14(17)9-15-12-5-10-4-11(7-12)8-13(15)6-10/h1-2,10-15,17H,4-9H2/b2-1+. The summed E-state index contributed by atoms with van der Waals surface area (Å²) in [6.45, 7) is 0. The minimum absolute atomic E-state index is 0.405. The van der Waals surface area contributed by atoms with Gasteiger partial charge in [0.1, 0.15) is 0 Å². The summed E-state index contributed by atoms with van der Waals surface area (Å²) in [5, 5.41) is 18.4. The summed E-state index contributed by atoms with van der Waals surface area (Å²) >= 11 is 0. The van der Waals surface area contributed by atoms with E-state index >= 15 is 0 Å². The highest BCUT2D eigenvalue weighted by atomic mass is 16.3. The second kappa shape index (κ2) is 4.46. The van der Waals surface area contributed by atoms with Gasteiger partial charge < -0.3 is 5.11 Å². The van der Waals surface area contributed by atoms with Gasteiger partial charge in [-0.3, -0.25) is 0 Å². The van der Waals surface area contributed by atoms with Crippen molar-refractivity contribution in [3.8, 4) is 6.07 Å². The molecule has 0 aromatic heterocycles. The Bertz CT molecular complexity index is 326. The zero-order valence-corrected chi connectivity index (χ0v) is 10.3. The van der Waals surface area contributed by atoms with Crippen LogP contribution < -0.4 is 0 Å². The van der Waals surface area contributed by atoms with Crippen LogP contribution in [-0.4, -0.2) is 11.2 Å². The summed E-state index contributed by atoms with van der Waals surface area (Å²) in [4.78, 5) is 0. The van der Waals surface area contributed by atoms with Gasteiger partial charge in [-0.05, 0) is 74.2 Å². The molecule has 0 radical (unpaired) electrons. The topological polar surface area (TPSA) is 44.0 Å². The molecular formula is C15H21NO. The molecule has 92 valence electrons. The van der Waals surface area contributed by atoms with Crippen LogP contribution in [0, 0.1) is 40.9 Å². The lowest BCUT2D eigenvalue weighted by atomic mass is 9.51. The Kier molecular flexibility index (Phi) is 2.96. The van der Waals surface area contributed by atoms with Gasteiger partial charge in [0.25, 0.3) is 0 Å². The Hall–Kier alpha value is -0.810. The highest BCUT2D eigenvalue weighted by Crippen LogP contribution is 2.57. The molecule has 0 spiro atoms. The zero-order chi connectivity index (χ0) is 11.8. The number of nitrogens with zero attached hydrogens (tertiary/aromatic N) is 1. The molecule has 1 atom stereocenters. The van der Waals surface area contributed by atoms with Crippen molar-refractivity contribution in [1.29, 1.82) is 5.26 Å². The van der Waals surface area contributed by atoms with Gasteiger partial charge >= 0.3 is 0 Å². The van der Waals surface area contributed by atoms with Crippen molar-refractivity contribution in [3.05, 3.63) is 12.2 Å². The van der Waals surface area contributed by atoms with Crippen molar-refractivity contribution < 1.29 is 5.11 Å². The third-order valence-corrected chi connectivity index (χ3v) is 5.33. The Morgan fingerprint density at radius 2 is 1.71 bits per heavy atom. The average molecular weight is 231 g/mol. The molecule has 0 aromatic carbocycles. The average Bonchev–Trinajstić information content (AvgIpc) is 2.30. The van der Waals surface area contributed by atoms with E-state index < -0.39 is 6.10 Å². The minimum atomic E-state index is -0.405. The van der Waals surface area contributed by atoms with Gasteiger partial charge in [0.2, 0.25) is 0 Å². The largest absolute Gasteiger partial charge is 0.389 e. The number of aliphatic hydroxyl groups is 1. The second-order valence-electron chi connectivity index (χ2n) is 6.39. The molecule has 4 aliphatic carbocycles. The van der Waals surface area contributed by atoms with E-state index in [0.29, 0.717) is 0 Å². The monoisotopic (exact) mass is 231 g/mol. The lowest BCUT2D eigenvalue weighted by Crippen LogP contribution is -2.45. The molecular weight excluding hydrogens is 210 g/mol. The van der Waals surface area contributed by atoms with Crippen molar-refractivity contribution >= 4 is 0 Å². The Morgan fingerprint density at radius 1 is 1.12 bits per heavy atom. The van der Waals surface area contributed by atoms with Crippen molar-refractivity contribution in [2.75, 3.05) is 0 Å². The van der Waals surface area contributed by atoms with Crippen LogP contribution in [0.15, 0.2) is 12.2 Å². The van der Waals surface area contributed by atoms with E-state index in [9.17, 15) is 5.11 Å². The molecule has 4 aliphatic rings. The van der Waals surface area contributed by atoms with Crippen LogP contribution in [0.3, 0.4) is 0 Å². The van der Waals surface area contributed by atoms with Crippen molar-refractivity contribution in [2.24, 2.45) is 29.6 Å². The lowest BCUT2D eigenvalue weighted by molar-refractivity contribution is -0.0502. The molecule has 1 unspecified atom stereocenters. The van der Waals surface area contributed by atoms with Gasteiger partial charge in [0.15, 0.2) is 0 Å². The second-order valence-corrected chi connectivity index (χ2v) is 6.39. The summed E-state index contributed by atoms with van der Waals surface area (Å²) in [7, 11) is 0. The van der Waals surface area contributed by atoms with Crippen molar-refractivity contribution in [3.63, 3.8) is 0 Å². The van der Waals surface area contributed by atoms with Crippen molar-refractivity contribution in [2.45, 2.75) is 44.6 Å². The Labute approximate surface area is 103 Å². The number of aliphatic hydroxyl groups excluding tert-OH is 1. The normalized spacial score (nSPS) is 45.1. The molecule has 2 heteroatoms. The highest BCUT2D eigenvalue weighted by Gasteiger charge is 2.48. The lowest BCUT2D eigenvalue weighted by Gasteiger charge is -2.54. The summed E-state index contributed by atoms with van der Waals surface area (Å²) in [5.74, 6) is 4.47. The summed E-state index contributed by atoms with van der Waals surface area (Å²) < 4.78 is 0. The van der Waals surface area contributed by atoms with Crippen molar-refractivity contribution in [1.82, 2.24) is 0 Å². The Morgan fingerprint density at radius 3 is 2.24 bits per heavy atom. The SMILES string of the molecule is N#C/C=C/C(O)CC1C2CC3CC(C2)CC1C3. The molecule has 0 aromatic rings. The maximum atomic E-state index is 9.93. The molecule has 1 N–H and O–H groups in total. The maximum Gasteiger partial charge on any atom is 0.0909 e.